The van der Waals surface area contributed by atoms with E-state index < -0.39 is 0 Å². The number of nitrogens with zero attached hydrogens (tertiary/aromatic N) is 5. The van der Waals surface area contributed by atoms with Crippen molar-refractivity contribution in [3.8, 4) is 0 Å². The van der Waals surface area contributed by atoms with E-state index in [2.05, 4.69) is 37.8 Å². The Bertz CT molecular complexity index is 963. The molecule has 4 aromatic heterocycles. The van der Waals surface area contributed by atoms with Crippen molar-refractivity contribution >= 4 is 11.3 Å². The minimum atomic E-state index is 0.901. The lowest BCUT2D eigenvalue weighted by Crippen LogP contribution is -1.93. The van der Waals surface area contributed by atoms with Gasteiger partial charge in [-0.2, -0.15) is 5.10 Å². The number of rotatable bonds is 3. The maximum Gasteiger partial charge on any atom is 0.153 e. The van der Waals surface area contributed by atoms with Crippen LogP contribution in [-0.4, -0.2) is 24.0 Å². The van der Waals surface area contributed by atoms with Crippen LogP contribution in [0.2, 0.25) is 0 Å². The highest BCUT2D eigenvalue weighted by molar-refractivity contribution is 5.43. The summed E-state index contributed by atoms with van der Waals surface area (Å²) in [5.41, 5.74) is 6.29. The molecular weight excluding hydrogens is 322 g/mol. The van der Waals surface area contributed by atoms with Crippen molar-refractivity contribution in [1.82, 2.24) is 24.0 Å². The molecule has 0 aliphatic heterocycles. The highest BCUT2D eigenvalue weighted by Crippen LogP contribution is 2.12. The van der Waals surface area contributed by atoms with E-state index in [9.17, 15) is 0 Å². The monoisotopic (exact) mass is 351 g/mol. The fraction of sp³-hybridized carbons (Fsp3) is 0.381. The van der Waals surface area contributed by atoms with E-state index in [1.165, 1.54) is 5.56 Å². The number of hydrogen-bond acceptors (Lipinski definition) is 3. The molecule has 4 aromatic rings. The molecule has 0 radical (unpaired) electrons. The highest BCUT2D eigenvalue weighted by atomic mass is 15.2. The Labute approximate surface area is 155 Å². The van der Waals surface area contributed by atoms with Crippen LogP contribution in [0.3, 0.4) is 0 Å². The molecule has 0 saturated carbocycles. The summed E-state index contributed by atoms with van der Waals surface area (Å²) in [7, 11) is 0. The number of aromatic nitrogens is 5. The van der Waals surface area contributed by atoms with Gasteiger partial charge in [0.05, 0.1) is 23.3 Å². The lowest BCUT2D eigenvalue weighted by Gasteiger charge is -2.00. The third kappa shape index (κ3) is 4.48. The minimum Gasteiger partial charge on any atom is -0.307 e. The van der Waals surface area contributed by atoms with Crippen molar-refractivity contribution in [3.63, 3.8) is 0 Å². The van der Waals surface area contributed by atoms with Crippen molar-refractivity contribution in [2.45, 2.75) is 54.4 Å². The molecule has 5 nitrogen and oxygen atoms in total. The Morgan fingerprint density at radius 1 is 0.808 bits per heavy atom. The molecule has 0 aromatic carbocycles. The van der Waals surface area contributed by atoms with E-state index in [-0.39, 0.29) is 0 Å². The average molecular weight is 351 g/mol. The summed E-state index contributed by atoms with van der Waals surface area (Å²) >= 11 is 0. The maximum absolute atomic E-state index is 4.61. The van der Waals surface area contributed by atoms with E-state index in [0.29, 0.717) is 0 Å². The Morgan fingerprint density at radius 2 is 1.58 bits per heavy atom. The van der Waals surface area contributed by atoms with E-state index in [0.717, 1.165) is 41.2 Å². The van der Waals surface area contributed by atoms with Crippen LogP contribution in [0.15, 0.2) is 42.9 Å². The van der Waals surface area contributed by atoms with Crippen LogP contribution in [0.1, 0.15) is 50.3 Å². The molecule has 4 rings (SSSR count). The average Bonchev–Trinajstić information content (AvgIpc) is 3.24. The number of aryl methyl sites for hydroxylation is 4. The van der Waals surface area contributed by atoms with E-state index in [4.69, 9.17) is 0 Å². The van der Waals surface area contributed by atoms with Gasteiger partial charge in [-0.1, -0.05) is 27.7 Å². The van der Waals surface area contributed by atoms with Crippen LogP contribution in [0.4, 0.5) is 0 Å². The second-order valence-electron chi connectivity index (χ2n) is 5.69. The van der Waals surface area contributed by atoms with Gasteiger partial charge >= 0.3 is 0 Å². The second-order valence-corrected chi connectivity index (χ2v) is 5.69. The molecule has 4 heterocycles. The predicted molar refractivity (Wildman–Crippen MR) is 108 cm³/mol. The molecule has 0 atom stereocenters. The number of fused-ring (bicyclic) bond motifs is 2. The Morgan fingerprint density at radius 3 is 2.35 bits per heavy atom. The highest BCUT2D eigenvalue weighted by Gasteiger charge is 2.05. The molecule has 0 bridgehead atoms. The van der Waals surface area contributed by atoms with Gasteiger partial charge < -0.3 is 4.40 Å². The topological polar surface area (TPSA) is 47.5 Å². The summed E-state index contributed by atoms with van der Waals surface area (Å²) in [6, 6.07) is 8.28. The van der Waals surface area contributed by atoms with E-state index in [1.807, 2.05) is 70.6 Å². The lowest BCUT2D eigenvalue weighted by molar-refractivity contribution is 0.888. The predicted octanol–water partition coefficient (Wildman–Crippen LogP) is 4.83. The smallest absolute Gasteiger partial charge is 0.153 e. The molecule has 0 saturated heterocycles. The molecule has 138 valence electrons. The number of imidazole rings is 2. The van der Waals surface area contributed by atoms with Gasteiger partial charge in [0.25, 0.3) is 0 Å². The van der Waals surface area contributed by atoms with Crippen LogP contribution in [0.25, 0.3) is 11.3 Å². The number of pyridine rings is 1. The first-order valence-corrected chi connectivity index (χ1v) is 9.43. The molecule has 26 heavy (non-hydrogen) atoms. The van der Waals surface area contributed by atoms with Crippen LogP contribution in [0.5, 0.6) is 0 Å². The standard InChI is InChI=1S/C17H17N5.2C2H6/c1-12-3-6-16-19-15(11-22(16)20-12)5-4-14-7-8-21-10-13(2)18-17(21)9-14;2*1-2/h3,6-11H,4-5H2,1-2H3;2*1-2H3. The van der Waals surface area contributed by atoms with Crippen molar-refractivity contribution in [1.29, 1.82) is 0 Å². The van der Waals surface area contributed by atoms with Gasteiger partial charge in [0.15, 0.2) is 5.65 Å². The number of hydrogen-bond donors (Lipinski definition) is 0. The third-order valence-corrected chi connectivity index (χ3v) is 3.82. The summed E-state index contributed by atoms with van der Waals surface area (Å²) in [5.74, 6) is 0. The van der Waals surface area contributed by atoms with Gasteiger partial charge in [-0.25, -0.2) is 14.5 Å². The molecule has 5 heteroatoms. The molecule has 0 aliphatic carbocycles. The first kappa shape index (κ1) is 19.6. The maximum atomic E-state index is 4.61. The van der Waals surface area contributed by atoms with Crippen LogP contribution in [0, 0.1) is 13.8 Å². The van der Waals surface area contributed by atoms with E-state index >= 15 is 0 Å². The zero-order valence-corrected chi connectivity index (χ0v) is 16.7. The molecule has 0 unspecified atom stereocenters. The summed E-state index contributed by atoms with van der Waals surface area (Å²) < 4.78 is 3.91. The quantitative estimate of drug-likeness (QED) is 0.531. The first-order chi connectivity index (χ1) is 12.7. The fourth-order valence-electron chi connectivity index (χ4n) is 2.73. The lowest BCUT2D eigenvalue weighted by atomic mass is 10.1. The van der Waals surface area contributed by atoms with Gasteiger partial charge in [0.2, 0.25) is 0 Å². The first-order valence-electron chi connectivity index (χ1n) is 9.43. The molecule has 0 amide bonds. The fourth-order valence-corrected chi connectivity index (χ4v) is 2.73. The van der Waals surface area contributed by atoms with Gasteiger partial charge in [-0.15, -0.1) is 0 Å². The van der Waals surface area contributed by atoms with Gasteiger partial charge in [-0.3, -0.25) is 0 Å². The summed E-state index contributed by atoms with van der Waals surface area (Å²) in [6.07, 6.45) is 7.97. The normalized spacial score (nSPS) is 10.2. The molecule has 0 aliphatic rings. The van der Waals surface area contributed by atoms with E-state index in [1.54, 1.807) is 0 Å². The van der Waals surface area contributed by atoms with Gasteiger partial charge in [0, 0.05) is 12.4 Å². The molecule has 0 N–H and O–H groups in total. The van der Waals surface area contributed by atoms with Crippen LogP contribution >= 0.6 is 0 Å². The molecular formula is C21H29N5. The largest absolute Gasteiger partial charge is 0.307 e. The van der Waals surface area contributed by atoms with Crippen molar-refractivity contribution < 1.29 is 0 Å². The minimum absolute atomic E-state index is 0.901. The molecule has 0 fully saturated rings. The Balaban J connectivity index is 0.000000570. The zero-order chi connectivity index (χ0) is 19.1. The van der Waals surface area contributed by atoms with Crippen molar-refractivity contribution in [3.05, 3.63) is 65.5 Å². The summed E-state index contributed by atoms with van der Waals surface area (Å²) in [4.78, 5) is 9.12. The van der Waals surface area contributed by atoms with Crippen LogP contribution in [-0.2, 0) is 12.8 Å². The Kier molecular flexibility index (Phi) is 6.89. The Hall–Kier alpha value is -2.69. The van der Waals surface area contributed by atoms with Gasteiger partial charge in [-0.05, 0) is 56.5 Å². The van der Waals surface area contributed by atoms with Crippen molar-refractivity contribution in [2.75, 3.05) is 0 Å². The van der Waals surface area contributed by atoms with Crippen LogP contribution < -0.4 is 0 Å². The zero-order valence-electron chi connectivity index (χ0n) is 16.7. The SMILES string of the molecule is CC.CC.Cc1cn2ccc(CCc3cn4nc(C)ccc4n3)cc2n1. The van der Waals surface area contributed by atoms with Gasteiger partial charge in [0.1, 0.15) is 5.65 Å². The van der Waals surface area contributed by atoms with Crippen molar-refractivity contribution in [2.24, 2.45) is 0 Å². The summed E-state index contributed by atoms with van der Waals surface area (Å²) in [6.45, 7) is 12.0. The second kappa shape index (κ2) is 9.13. The summed E-state index contributed by atoms with van der Waals surface area (Å²) in [5, 5.41) is 4.44. The molecule has 0 spiro atoms. The third-order valence-electron chi connectivity index (χ3n) is 3.82.